The van der Waals surface area contributed by atoms with Crippen molar-refractivity contribution in [2.45, 2.75) is 6.92 Å². The van der Waals surface area contributed by atoms with E-state index < -0.39 is 0 Å². The van der Waals surface area contributed by atoms with Crippen molar-refractivity contribution in [3.8, 4) is 5.75 Å². The lowest BCUT2D eigenvalue weighted by Gasteiger charge is -2.09. The Morgan fingerprint density at radius 1 is 1.48 bits per heavy atom. The molecule has 6 nitrogen and oxygen atoms in total. The molecule has 0 bridgehead atoms. The fourth-order valence-electron chi connectivity index (χ4n) is 2.35. The standard InChI is InChI=1S/C17H17N3O3/c1-4-6-22-14-9-12(10-15-13(14)5-7-23-15)17(21)18-16-8-11(2)19-20(16)3/h4-5,7-10H,1,6H2,2-3H3,(H,18,21). The summed E-state index contributed by atoms with van der Waals surface area (Å²) < 4.78 is 12.6. The third-order valence-corrected chi connectivity index (χ3v) is 3.40. The number of aryl methyl sites for hydroxylation is 2. The maximum atomic E-state index is 12.5. The van der Waals surface area contributed by atoms with E-state index in [1.165, 1.54) is 0 Å². The first-order valence-corrected chi connectivity index (χ1v) is 7.15. The molecule has 23 heavy (non-hydrogen) atoms. The molecule has 0 saturated heterocycles. The minimum Gasteiger partial charge on any atom is -0.489 e. The molecule has 1 aromatic carbocycles. The molecule has 1 amide bonds. The first kappa shape index (κ1) is 14.9. The third kappa shape index (κ3) is 2.96. The van der Waals surface area contributed by atoms with Gasteiger partial charge in [0.2, 0.25) is 0 Å². The zero-order valence-electron chi connectivity index (χ0n) is 13.0. The number of hydrogen-bond acceptors (Lipinski definition) is 4. The third-order valence-electron chi connectivity index (χ3n) is 3.40. The van der Waals surface area contributed by atoms with Gasteiger partial charge in [-0.1, -0.05) is 12.7 Å². The average Bonchev–Trinajstić information content (AvgIpc) is 3.11. The number of carbonyl (C=O) groups excluding carboxylic acids is 1. The van der Waals surface area contributed by atoms with Gasteiger partial charge in [-0.3, -0.25) is 9.48 Å². The molecule has 0 fully saturated rings. The van der Waals surface area contributed by atoms with E-state index in [-0.39, 0.29) is 5.91 Å². The summed E-state index contributed by atoms with van der Waals surface area (Å²) in [5.74, 6) is 0.956. The van der Waals surface area contributed by atoms with Crippen LogP contribution in [0.1, 0.15) is 16.1 Å². The Morgan fingerprint density at radius 3 is 3.00 bits per heavy atom. The number of benzene rings is 1. The number of furan rings is 1. The summed E-state index contributed by atoms with van der Waals surface area (Å²) in [4.78, 5) is 12.5. The molecule has 0 atom stereocenters. The Bertz CT molecular complexity index is 876. The van der Waals surface area contributed by atoms with Crippen molar-refractivity contribution in [2.75, 3.05) is 11.9 Å². The fourth-order valence-corrected chi connectivity index (χ4v) is 2.35. The number of carbonyl (C=O) groups is 1. The highest BCUT2D eigenvalue weighted by atomic mass is 16.5. The zero-order valence-corrected chi connectivity index (χ0v) is 13.0. The smallest absolute Gasteiger partial charge is 0.257 e. The number of aromatic nitrogens is 2. The lowest BCUT2D eigenvalue weighted by Crippen LogP contribution is -2.14. The van der Waals surface area contributed by atoms with Gasteiger partial charge < -0.3 is 14.5 Å². The second kappa shape index (κ2) is 6.00. The molecule has 3 aromatic rings. The van der Waals surface area contributed by atoms with Gasteiger partial charge in [0, 0.05) is 18.7 Å². The minimum atomic E-state index is -0.255. The number of ether oxygens (including phenoxy) is 1. The van der Waals surface area contributed by atoms with Gasteiger partial charge in [0.05, 0.1) is 17.3 Å². The van der Waals surface area contributed by atoms with Gasteiger partial charge in [-0.2, -0.15) is 5.10 Å². The molecule has 1 N–H and O–H groups in total. The van der Waals surface area contributed by atoms with Crippen LogP contribution >= 0.6 is 0 Å². The molecule has 118 valence electrons. The van der Waals surface area contributed by atoms with E-state index >= 15 is 0 Å². The first-order chi connectivity index (χ1) is 11.1. The lowest BCUT2D eigenvalue weighted by molar-refractivity contribution is 0.102. The summed E-state index contributed by atoms with van der Waals surface area (Å²) in [5, 5.41) is 7.86. The molecule has 2 aromatic heterocycles. The van der Waals surface area contributed by atoms with Crippen LogP contribution in [-0.4, -0.2) is 22.3 Å². The van der Waals surface area contributed by atoms with Crippen LogP contribution < -0.4 is 10.1 Å². The molecule has 2 heterocycles. The lowest BCUT2D eigenvalue weighted by atomic mass is 10.1. The number of amides is 1. The summed E-state index contributed by atoms with van der Waals surface area (Å²) in [5.41, 5.74) is 1.88. The van der Waals surface area contributed by atoms with E-state index in [0.29, 0.717) is 29.3 Å². The van der Waals surface area contributed by atoms with Crippen LogP contribution in [0.2, 0.25) is 0 Å². The number of nitrogens with zero attached hydrogens (tertiary/aromatic N) is 2. The van der Waals surface area contributed by atoms with Gasteiger partial charge in [0.1, 0.15) is 23.8 Å². The molecule has 0 radical (unpaired) electrons. The Labute approximate surface area is 133 Å². The van der Waals surface area contributed by atoms with Crippen molar-refractivity contribution in [3.63, 3.8) is 0 Å². The van der Waals surface area contributed by atoms with Crippen molar-refractivity contribution in [1.82, 2.24) is 9.78 Å². The van der Waals surface area contributed by atoms with Crippen molar-refractivity contribution >= 4 is 22.7 Å². The fraction of sp³-hybridized carbons (Fsp3) is 0.176. The van der Waals surface area contributed by atoms with E-state index in [2.05, 4.69) is 17.0 Å². The largest absolute Gasteiger partial charge is 0.489 e. The number of nitrogens with one attached hydrogen (secondary N) is 1. The van der Waals surface area contributed by atoms with E-state index in [9.17, 15) is 4.79 Å². The molecule has 0 aliphatic heterocycles. The number of rotatable bonds is 5. The number of anilines is 1. The van der Waals surface area contributed by atoms with E-state index in [1.807, 2.05) is 6.92 Å². The quantitative estimate of drug-likeness (QED) is 0.734. The SMILES string of the molecule is C=CCOc1cc(C(=O)Nc2cc(C)nn2C)cc2occc12. The monoisotopic (exact) mass is 311 g/mol. The highest BCUT2D eigenvalue weighted by Crippen LogP contribution is 2.29. The predicted molar refractivity (Wildman–Crippen MR) is 87.8 cm³/mol. The molecular formula is C17H17N3O3. The number of fused-ring (bicyclic) bond motifs is 1. The van der Waals surface area contributed by atoms with Crippen molar-refractivity contribution in [2.24, 2.45) is 7.05 Å². The Balaban J connectivity index is 1.93. The van der Waals surface area contributed by atoms with Crippen LogP contribution in [0.3, 0.4) is 0 Å². The topological polar surface area (TPSA) is 69.3 Å². The van der Waals surface area contributed by atoms with Crippen LogP contribution in [0.4, 0.5) is 5.82 Å². The Kier molecular flexibility index (Phi) is 3.89. The van der Waals surface area contributed by atoms with Crippen LogP contribution in [0, 0.1) is 6.92 Å². The summed E-state index contributed by atoms with van der Waals surface area (Å²) in [7, 11) is 1.77. The number of hydrogen-bond donors (Lipinski definition) is 1. The molecule has 0 unspecified atom stereocenters. The van der Waals surface area contributed by atoms with Crippen LogP contribution in [0.25, 0.3) is 11.0 Å². The van der Waals surface area contributed by atoms with Crippen LogP contribution in [0.15, 0.2) is 47.6 Å². The molecule has 0 aliphatic rings. The summed E-state index contributed by atoms with van der Waals surface area (Å²) in [6.07, 6.45) is 3.22. The van der Waals surface area contributed by atoms with Crippen LogP contribution in [-0.2, 0) is 7.05 Å². The van der Waals surface area contributed by atoms with E-state index in [1.54, 1.807) is 48.3 Å². The van der Waals surface area contributed by atoms with Gasteiger partial charge in [-0.25, -0.2) is 0 Å². The molecule has 3 rings (SSSR count). The van der Waals surface area contributed by atoms with Gasteiger partial charge >= 0.3 is 0 Å². The molecule has 6 heteroatoms. The maximum Gasteiger partial charge on any atom is 0.257 e. The van der Waals surface area contributed by atoms with E-state index in [4.69, 9.17) is 9.15 Å². The Hall–Kier alpha value is -3.02. The van der Waals surface area contributed by atoms with Gasteiger partial charge in [0.15, 0.2) is 0 Å². The first-order valence-electron chi connectivity index (χ1n) is 7.15. The highest BCUT2D eigenvalue weighted by molar-refractivity contribution is 6.06. The van der Waals surface area contributed by atoms with Crippen molar-refractivity contribution in [3.05, 3.63) is 54.4 Å². The van der Waals surface area contributed by atoms with Crippen molar-refractivity contribution in [1.29, 1.82) is 0 Å². The summed E-state index contributed by atoms with van der Waals surface area (Å²) >= 11 is 0. The second-order valence-corrected chi connectivity index (χ2v) is 5.16. The van der Waals surface area contributed by atoms with Gasteiger partial charge in [0.25, 0.3) is 5.91 Å². The van der Waals surface area contributed by atoms with Gasteiger partial charge in [-0.05, 0) is 25.1 Å². The zero-order chi connectivity index (χ0) is 16.4. The average molecular weight is 311 g/mol. The summed E-state index contributed by atoms with van der Waals surface area (Å²) in [6, 6.07) is 6.99. The van der Waals surface area contributed by atoms with Crippen LogP contribution in [0.5, 0.6) is 5.75 Å². The van der Waals surface area contributed by atoms with E-state index in [0.717, 1.165) is 11.1 Å². The molecule has 0 aliphatic carbocycles. The Morgan fingerprint density at radius 2 is 2.30 bits per heavy atom. The molecule has 0 saturated carbocycles. The second-order valence-electron chi connectivity index (χ2n) is 5.16. The minimum absolute atomic E-state index is 0.255. The van der Waals surface area contributed by atoms with Crippen molar-refractivity contribution < 1.29 is 13.9 Å². The normalized spacial score (nSPS) is 10.7. The summed E-state index contributed by atoms with van der Waals surface area (Å²) in [6.45, 7) is 5.85. The predicted octanol–water partition coefficient (Wildman–Crippen LogP) is 3.29. The van der Waals surface area contributed by atoms with Gasteiger partial charge in [-0.15, -0.1) is 0 Å². The molecular weight excluding hydrogens is 294 g/mol. The maximum absolute atomic E-state index is 12.5. The highest BCUT2D eigenvalue weighted by Gasteiger charge is 2.14. The molecule has 0 spiro atoms.